The molecule has 0 atom stereocenters. The van der Waals surface area contributed by atoms with Crippen LogP contribution in [0.15, 0.2) is 6.20 Å². The number of hydrogen-bond donors (Lipinski definition) is 0. The van der Waals surface area contributed by atoms with Crippen molar-refractivity contribution >= 4 is 0 Å². The third-order valence-corrected chi connectivity index (χ3v) is 1.64. The van der Waals surface area contributed by atoms with E-state index in [1.54, 1.807) is 0 Å². The monoisotopic (exact) mass is 153 g/mol. The summed E-state index contributed by atoms with van der Waals surface area (Å²) >= 11 is 0. The van der Waals surface area contributed by atoms with Crippen molar-refractivity contribution in [2.75, 3.05) is 0 Å². The molecular formula is C8H15N3. The van der Waals surface area contributed by atoms with Crippen LogP contribution in [-0.2, 0) is 6.54 Å². The van der Waals surface area contributed by atoms with Crippen LogP contribution in [0, 0.1) is 6.92 Å². The first-order valence-electron chi connectivity index (χ1n) is 4.19. The Morgan fingerprint density at radius 3 is 2.82 bits per heavy atom. The second-order valence-corrected chi connectivity index (χ2v) is 2.83. The van der Waals surface area contributed by atoms with Gasteiger partial charge in [0.25, 0.3) is 0 Å². The lowest BCUT2D eigenvalue weighted by Gasteiger charge is -1.96. The summed E-state index contributed by atoms with van der Waals surface area (Å²) in [7, 11) is 0. The summed E-state index contributed by atoms with van der Waals surface area (Å²) in [4.78, 5) is 0. The van der Waals surface area contributed by atoms with Gasteiger partial charge in [-0.05, 0) is 13.3 Å². The molecule has 0 N–H and O–H groups in total. The maximum atomic E-state index is 3.95. The molecule has 0 saturated heterocycles. The van der Waals surface area contributed by atoms with E-state index in [1.807, 2.05) is 17.8 Å². The van der Waals surface area contributed by atoms with Crippen molar-refractivity contribution in [3.63, 3.8) is 0 Å². The highest BCUT2D eigenvalue weighted by atomic mass is 15.4. The van der Waals surface area contributed by atoms with E-state index in [1.165, 1.54) is 19.3 Å². The Balaban J connectivity index is 2.27. The van der Waals surface area contributed by atoms with Crippen molar-refractivity contribution in [1.82, 2.24) is 15.0 Å². The summed E-state index contributed by atoms with van der Waals surface area (Å²) in [5.74, 6) is 0. The van der Waals surface area contributed by atoms with Crippen LogP contribution in [0.2, 0.25) is 0 Å². The first-order chi connectivity index (χ1) is 5.33. The van der Waals surface area contributed by atoms with Crippen LogP contribution in [0.4, 0.5) is 0 Å². The predicted octanol–water partition coefficient (Wildman–Crippen LogP) is 1.78. The average molecular weight is 153 g/mol. The smallest absolute Gasteiger partial charge is 0.0796 e. The SMILES string of the molecule is CCCCCn1cc(C)nn1. The van der Waals surface area contributed by atoms with Gasteiger partial charge >= 0.3 is 0 Å². The lowest BCUT2D eigenvalue weighted by Crippen LogP contribution is -1.98. The van der Waals surface area contributed by atoms with Crippen LogP contribution >= 0.6 is 0 Å². The third kappa shape index (κ3) is 2.70. The van der Waals surface area contributed by atoms with Crippen LogP contribution in [0.1, 0.15) is 31.9 Å². The Kier molecular flexibility index (Phi) is 3.08. The van der Waals surface area contributed by atoms with Crippen molar-refractivity contribution in [3.05, 3.63) is 11.9 Å². The highest BCUT2D eigenvalue weighted by Crippen LogP contribution is 1.97. The first kappa shape index (κ1) is 8.24. The molecule has 0 aromatic carbocycles. The average Bonchev–Trinajstić information content (AvgIpc) is 2.37. The molecular weight excluding hydrogens is 138 g/mol. The number of rotatable bonds is 4. The fourth-order valence-electron chi connectivity index (χ4n) is 1.03. The summed E-state index contributed by atoms with van der Waals surface area (Å²) in [6, 6.07) is 0. The Morgan fingerprint density at radius 1 is 1.45 bits per heavy atom. The van der Waals surface area contributed by atoms with Gasteiger partial charge in [-0.1, -0.05) is 25.0 Å². The molecule has 0 radical (unpaired) electrons. The molecule has 0 aliphatic heterocycles. The molecule has 0 saturated carbocycles. The topological polar surface area (TPSA) is 30.7 Å². The molecule has 1 aromatic heterocycles. The molecule has 1 heterocycles. The molecule has 1 rings (SSSR count). The normalized spacial score (nSPS) is 10.4. The van der Waals surface area contributed by atoms with Gasteiger partial charge in [-0.25, -0.2) is 0 Å². The summed E-state index contributed by atoms with van der Waals surface area (Å²) < 4.78 is 1.91. The minimum atomic E-state index is 1.00. The number of nitrogens with zero attached hydrogens (tertiary/aromatic N) is 3. The fraction of sp³-hybridized carbons (Fsp3) is 0.750. The molecule has 0 amide bonds. The molecule has 0 bridgehead atoms. The van der Waals surface area contributed by atoms with Gasteiger partial charge in [0.1, 0.15) is 0 Å². The second-order valence-electron chi connectivity index (χ2n) is 2.83. The number of unbranched alkanes of at least 4 members (excludes halogenated alkanes) is 2. The van der Waals surface area contributed by atoms with Gasteiger partial charge in [0.15, 0.2) is 0 Å². The molecule has 3 nitrogen and oxygen atoms in total. The van der Waals surface area contributed by atoms with Crippen molar-refractivity contribution < 1.29 is 0 Å². The summed E-state index contributed by atoms with van der Waals surface area (Å²) in [5, 5.41) is 7.86. The molecule has 1 aromatic rings. The van der Waals surface area contributed by atoms with Crippen LogP contribution in [0.5, 0.6) is 0 Å². The number of aryl methyl sites for hydroxylation is 2. The highest BCUT2D eigenvalue weighted by molar-refractivity contribution is 4.86. The maximum Gasteiger partial charge on any atom is 0.0796 e. The number of aromatic nitrogens is 3. The van der Waals surface area contributed by atoms with E-state index in [9.17, 15) is 0 Å². The Hall–Kier alpha value is -0.860. The third-order valence-electron chi connectivity index (χ3n) is 1.64. The zero-order valence-corrected chi connectivity index (χ0v) is 7.25. The van der Waals surface area contributed by atoms with E-state index in [0.29, 0.717) is 0 Å². The minimum absolute atomic E-state index is 1.00. The molecule has 0 aliphatic rings. The van der Waals surface area contributed by atoms with Gasteiger partial charge in [-0.2, -0.15) is 0 Å². The van der Waals surface area contributed by atoms with Crippen LogP contribution in [-0.4, -0.2) is 15.0 Å². The molecule has 62 valence electrons. The van der Waals surface area contributed by atoms with Crippen LogP contribution in [0.25, 0.3) is 0 Å². The van der Waals surface area contributed by atoms with E-state index in [2.05, 4.69) is 17.2 Å². The highest BCUT2D eigenvalue weighted by Gasteiger charge is 1.93. The minimum Gasteiger partial charge on any atom is -0.252 e. The lowest BCUT2D eigenvalue weighted by molar-refractivity contribution is 0.537. The van der Waals surface area contributed by atoms with Gasteiger partial charge in [0, 0.05) is 12.7 Å². The van der Waals surface area contributed by atoms with E-state index < -0.39 is 0 Å². The maximum absolute atomic E-state index is 3.95. The zero-order valence-electron chi connectivity index (χ0n) is 7.25. The fourth-order valence-corrected chi connectivity index (χ4v) is 1.03. The van der Waals surface area contributed by atoms with Crippen LogP contribution in [0.3, 0.4) is 0 Å². The van der Waals surface area contributed by atoms with Crippen LogP contribution < -0.4 is 0 Å². The van der Waals surface area contributed by atoms with E-state index in [-0.39, 0.29) is 0 Å². The summed E-state index contributed by atoms with van der Waals surface area (Å²) in [6.45, 7) is 5.17. The largest absolute Gasteiger partial charge is 0.252 e. The van der Waals surface area contributed by atoms with Gasteiger partial charge in [-0.3, -0.25) is 4.68 Å². The lowest BCUT2D eigenvalue weighted by atomic mass is 10.2. The van der Waals surface area contributed by atoms with E-state index in [4.69, 9.17) is 0 Å². The van der Waals surface area contributed by atoms with E-state index >= 15 is 0 Å². The van der Waals surface area contributed by atoms with Crippen molar-refractivity contribution in [2.45, 2.75) is 39.7 Å². The second kappa shape index (κ2) is 4.11. The Morgan fingerprint density at radius 2 is 2.27 bits per heavy atom. The molecule has 11 heavy (non-hydrogen) atoms. The van der Waals surface area contributed by atoms with Gasteiger partial charge in [0.2, 0.25) is 0 Å². The standard InChI is InChI=1S/C8H15N3/c1-3-4-5-6-11-7-8(2)9-10-11/h7H,3-6H2,1-2H3. The molecule has 0 aliphatic carbocycles. The summed E-state index contributed by atoms with van der Waals surface area (Å²) in [6.07, 6.45) is 5.72. The molecule has 3 heteroatoms. The van der Waals surface area contributed by atoms with Crippen molar-refractivity contribution in [2.24, 2.45) is 0 Å². The molecule has 0 fully saturated rings. The molecule has 0 spiro atoms. The Bertz CT molecular complexity index is 205. The van der Waals surface area contributed by atoms with Gasteiger partial charge in [-0.15, -0.1) is 5.10 Å². The summed E-state index contributed by atoms with van der Waals surface area (Å²) in [5.41, 5.74) is 1.00. The first-order valence-corrected chi connectivity index (χ1v) is 4.19. The predicted molar refractivity (Wildman–Crippen MR) is 44.3 cm³/mol. The van der Waals surface area contributed by atoms with Gasteiger partial charge in [0.05, 0.1) is 5.69 Å². The number of hydrogen-bond acceptors (Lipinski definition) is 2. The Labute approximate surface area is 67.4 Å². The van der Waals surface area contributed by atoms with Crippen molar-refractivity contribution in [3.8, 4) is 0 Å². The quantitative estimate of drug-likeness (QED) is 0.617. The molecule has 0 unspecified atom stereocenters. The van der Waals surface area contributed by atoms with Crippen molar-refractivity contribution in [1.29, 1.82) is 0 Å². The van der Waals surface area contributed by atoms with Gasteiger partial charge < -0.3 is 0 Å². The zero-order chi connectivity index (χ0) is 8.10. The van der Waals surface area contributed by atoms with E-state index in [0.717, 1.165) is 12.2 Å².